The first kappa shape index (κ1) is 24.7. The fraction of sp³-hybridized carbons (Fsp3) is 0.542. The van der Waals surface area contributed by atoms with E-state index in [0.29, 0.717) is 22.7 Å². The van der Waals surface area contributed by atoms with Gasteiger partial charge in [-0.15, -0.1) is 12.4 Å². The molecule has 4 N–H and O–H groups in total. The van der Waals surface area contributed by atoms with Crippen molar-refractivity contribution in [1.82, 2.24) is 25.1 Å². The third-order valence-corrected chi connectivity index (χ3v) is 7.85. The summed E-state index contributed by atoms with van der Waals surface area (Å²) in [6.45, 7) is 5.32. The van der Waals surface area contributed by atoms with Crippen LogP contribution in [0, 0.1) is 5.41 Å². The molecular weight excluding hydrogens is 484 g/mol. The monoisotopic (exact) mass is 514 g/mol. The molecule has 2 atom stereocenters. The molecule has 6 rings (SSSR count). The number of piperidine rings is 1. The minimum atomic E-state index is -0.882. The molecule has 0 saturated carbocycles. The van der Waals surface area contributed by atoms with Crippen molar-refractivity contribution < 1.29 is 14.6 Å². The zero-order valence-electron chi connectivity index (χ0n) is 20.2. The Bertz CT molecular complexity index is 1280. The summed E-state index contributed by atoms with van der Waals surface area (Å²) in [7, 11) is 0. The number of fused-ring (bicyclic) bond motifs is 2. The normalized spacial score (nSPS) is 23.1. The van der Waals surface area contributed by atoms with E-state index in [1.165, 1.54) is 0 Å². The standard InChI is InChI=1S/C24H30N8O3.ClH/c1-14-21(25)24(13-35-14)6-9-31(10-7-24)18-12-26-20-22(28-18)29-30-23(20)32-8-2-3-16-17(32)5-4-15(27-16)11-19(33)34;/h4-5,12,14,21H,2-3,6-11,13,25H2,1H3,(H,33,34)(H,28,29,30);1H/t14-,21+;/m0./s1. The molecule has 1 spiro atoms. The highest BCUT2D eigenvalue weighted by Crippen LogP contribution is 2.42. The number of anilines is 3. The van der Waals surface area contributed by atoms with E-state index in [0.717, 1.165) is 69.1 Å². The molecule has 0 amide bonds. The van der Waals surface area contributed by atoms with Gasteiger partial charge in [0.15, 0.2) is 17.0 Å². The second kappa shape index (κ2) is 9.45. The fourth-order valence-corrected chi connectivity index (χ4v) is 5.74. The first-order chi connectivity index (χ1) is 16.9. The lowest BCUT2D eigenvalue weighted by Gasteiger charge is -2.41. The van der Waals surface area contributed by atoms with Crippen LogP contribution in [0.25, 0.3) is 11.2 Å². The Morgan fingerprint density at radius 2 is 2.08 bits per heavy atom. The van der Waals surface area contributed by atoms with Crippen LogP contribution in [0.4, 0.5) is 17.3 Å². The van der Waals surface area contributed by atoms with E-state index >= 15 is 0 Å². The highest BCUT2D eigenvalue weighted by molar-refractivity contribution is 5.87. The lowest BCUT2D eigenvalue weighted by atomic mass is 9.73. The Kier molecular flexibility index (Phi) is 6.48. The Labute approximate surface area is 214 Å². The minimum absolute atomic E-state index is 0. The molecule has 3 aromatic rings. The van der Waals surface area contributed by atoms with Gasteiger partial charge in [-0.1, -0.05) is 0 Å². The molecule has 2 fully saturated rings. The molecule has 11 nitrogen and oxygen atoms in total. The summed E-state index contributed by atoms with van der Waals surface area (Å²) in [6.07, 6.45) is 5.52. The van der Waals surface area contributed by atoms with E-state index < -0.39 is 5.97 Å². The average molecular weight is 515 g/mol. The molecule has 3 aliphatic heterocycles. The molecule has 0 aliphatic carbocycles. The van der Waals surface area contributed by atoms with Gasteiger partial charge in [-0.2, -0.15) is 5.10 Å². The number of hydrogen-bond donors (Lipinski definition) is 3. The van der Waals surface area contributed by atoms with Crippen LogP contribution in [0.5, 0.6) is 0 Å². The Morgan fingerprint density at radius 3 is 2.81 bits per heavy atom. The highest BCUT2D eigenvalue weighted by Gasteiger charge is 2.47. The number of pyridine rings is 1. The number of carboxylic acid groups (broad SMARTS) is 1. The third-order valence-electron chi connectivity index (χ3n) is 7.85. The molecule has 3 aromatic heterocycles. The number of aryl methyl sites for hydroxylation is 1. The molecule has 2 saturated heterocycles. The number of aliphatic carboxylic acids is 1. The van der Waals surface area contributed by atoms with Crippen LogP contribution in [0.1, 0.15) is 37.6 Å². The van der Waals surface area contributed by atoms with Crippen molar-refractivity contribution in [2.24, 2.45) is 11.1 Å². The maximum Gasteiger partial charge on any atom is 0.309 e. The van der Waals surface area contributed by atoms with E-state index in [9.17, 15) is 4.79 Å². The number of halogens is 1. The number of nitrogens with two attached hydrogens (primary N) is 1. The first-order valence-electron chi connectivity index (χ1n) is 12.2. The fourth-order valence-electron chi connectivity index (χ4n) is 5.74. The van der Waals surface area contributed by atoms with E-state index in [1.54, 1.807) is 6.07 Å². The largest absolute Gasteiger partial charge is 0.481 e. The van der Waals surface area contributed by atoms with E-state index in [2.05, 4.69) is 31.9 Å². The Balaban J connectivity index is 0.00000267. The molecular formula is C24H31ClN8O3. The van der Waals surface area contributed by atoms with Crippen LogP contribution in [-0.2, 0) is 22.4 Å². The van der Waals surface area contributed by atoms with Crippen molar-refractivity contribution in [2.45, 2.75) is 51.2 Å². The van der Waals surface area contributed by atoms with E-state index in [1.807, 2.05) is 12.3 Å². The summed E-state index contributed by atoms with van der Waals surface area (Å²) < 4.78 is 5.85. The van der Waals surface area contributed by atoms with Crippen LogP contribution in [0.15, 0.2) is 18.3 Å². The number of ether oxygens (including phenoxy) is 1. The molecule has 192 valence electrons. The lowest BCUT2D eigenvalue weighted by Crippen LogP contribution is -2.50. The van der Waals surface area contributed by atoms with Crippen molar-refractivity contribution in [3.63, 3.8) is 0 Å². The van der Waals surface area contributed by atoms with Crippen LogP contribution < -0.4 is 15.5 Å². The van der Waals surface area contributed by atoms with Gasteiger partial charge in [0.25, 0.3) is 0 Å². The molecule has 0 unspecified atom stereocenters. The van der Waals surface area contributed by atoms with Crippen LogP contribution in [0.3, 0.4) is 0 Å². The Hall–Kier alpha value is -3.02. The molecule has 0 bridgehead atoms. The number of aromatic amines is 1. The lowest BCUT2D eigenvalue weighted by molar-refractivity contribution is -0.136. The number of rotatable bonds is 4. The van der Waals surface area contributed by atoms with Crippen molar-refractivity contribution in [2.75, 3.05) is 36.0 Å². The average Bonchev–Trinajstić information content (AvgIpc) is 3.40. The number of carbonyl (C=O) groups is 1. The van der Waals surface area contributed by atoms with Crippen LogP contribution in [-0.4, -0.2) is 74.6 Å². The van der Waals surface area contributed by atoms with Crippen molar-refractivity contribution in [3.8, 4) is 0 Å². The molecule has 3 aliphatic rings. The first-order valence-corrected chi connectivity index (χ1v) is 12.2. The molecule has 36 heavy (non-hydrogen) atoms. The minimum Gasteiger partial charge on any atom is -0.481 e. The predicted octanol–water partition coefficient (Wildman–Crippen LogP) is 2.21. The van der Waals surface area contributed by atoms with Crippen LogP contribution >= 0.6 is 12.4 Å². The second-order valence-electron chi connectivity index (χ2n) is 9.96. The number of carboxylic acids is 1. The maximum atomic E-state index is 11.1. The maximum absolute atomic E-state index is 11.1. The van der Waals surface area contributed by atoms with E-state index in [4.69, 9.17) is 25.5 Å². The van der Waals surface area contributed by atoms with Gasteiger partial charge in [-0.05, 0) is 44.7 Å². The topological polar surface area (TPSA) is 146 Å². The van der Waals surface area contributed by atoms with Gasteiger partial charge in [0.2, 0.25) is 0 Å². The van der Waals surface area contributed by atoms with Crippen LogP contribution in [0.2, 0.25) is 0 Å². The number of nitrogens with one attached hydrogen (secondary N) is 1. The van der Waals surface area contributed by atoms with Gasteiger partial charge >= 0.3 is 5.97 Å². The van der Waals surface area contributed by atoms with Gasteiger partial charge in [0.05, 0.1) is 42.4 Å². The summed E-state index contributed by atoms with van der Waals surface area (Å²) in [5.41, 5.74) is 10.3. The highest BCUT2D eigenvalue weighted by atomic mass is 35.5. The number of hydrogen-bond acceptors (Lipinski definition) is 9. The molecule has 0 radical (unpaired) electrons. The molecule has 6 heterocycles. The summed E-state index contributed by atoms with van der Waals surface area (Å²) in [5.74, 6) is 0.669. The van der Waals surface area contributed by atoms with Crippen molar-refractivity contribution >= 4 is 46.9 Å². The summed E-state index contributed by atoms with van der Waals surface area (Å²) in [5, 5.41) is 16.7. The predicted molar refractivity (Wildman–Crippen MR) is 137 cm³/mol. The van der Waals surface area contributed by atoms with Gasteiger partial charge in [0.1, 0.15) is 5.82 Å². The zero-order valence-corrected chi connectivity index (χ0v) is 21.0. The van der Waals surface area contributed by atoms with E-state index in [-0.39, 0.29) is 36.4 Å². The smallest absolute Gasteiger partial charge is 0.309 e. The molecule has 0 aromatic carbocycles. The van der Waals surface area contributed by atoms with Crippen molar-refractivity contribution in [3.05, 3.63) is 29.7 Å². The number of H-pyrrole nitrogens is 1. The quantitative estimate of drug-likeness (QED) is 0.473. The molecule has 12 heteroatoms. The number of nitrogens with zero attached hydrogens (tertiary/aromatic N) is 6. The zero-order chi connectivity index (χ0) is 24.2. The second-order valence-corrected chi connectivity index (χ2v) is 9.96. The summed E-state index contributed by atoms with van der Waals surface area (Å²) in [6, 6.07) is 3.79. The van der Waals surface area contributed by atoms with Gasteiger partial charge in [-0.3, -0.25) is 14.9 Å². The SMILES string of the molecule is C[C@@H]1OCC2(CCN(c3cnc4c(N5CCCc6nc(CC(=O)O)ccc65)n[nH]c4n3)CC2)[C@@H]1N.Cl. The van der Waals surface area contributed by atoms with Gasteiger partial charge in [-0.25, -0.2) is 9.97 Å². The third kappa shape index (κ3) is 4.14. The summed E-state index contributed by atoms with van der Waals surface area (Å²) >= 11 is 0. The van der Waals surface area contributed by atoms with Crippen molar-refractivity contribution in [1.29, 1.82) is 0 Å². The summed E-state index contributed by atoms with van der Waals surface area (Å²) in [4.78, 5) is 29.6. The van der Waals surface area contributed by atoms with Gasteiger partial charge < -0.3 is 25.4 Å². The number of aromatic nitrogens is 5. The van der Waals surface area contributed by atoms with Gasteiger partial charge in [0, 0.05) is 31.1 Å². The Morgan fingerprint density at radius 1 is 1.28 bits per heavy atom.